The molecule has 0 aliphatic carbocycles. The van der Waals surface area contributed by atoms with Gasteiger partial charge < -0.3 is 15.2 Å². The number of rotatable bonds is 1. The molecule has 0 saturated carbocycles. The lowest BCUT2D eigenvalue weighted by atomic mass is 10.1. The van der Waals surface area contributed by atoms with E-state index in [0.717, 1.165) is 12.8 Å². The highest BCUT2D eigenvalue weighted by molar-refractivity contribution is 5.73. The van der Waals surface area contributed by atoms with E-state index in [4.69, 9.17) is 15.2 Å². The van der Waals surface area contributed by atoms with Crippen molar-refractivity contribution in [2.75, 3.05) is 6.61 Å². The lowest BCUT2D eigenvalue weighted by Crippen LogP contribution is -2.25. The van der Waals surface area contributed by atoms with Gasteiger partial charge in [0.25, 0.3) is 6.02 Å². The van der Waals surface area contributed by atoms with Crippen molar-refractivity contribution in [1.29, 1.82) is 0 Å². The summed E-state index contributed by atoms with van der Waals surface area (Å²) in [5, 5.41) is 0. The van der Waals surface area contributed by atoms with Crippen molar-refractivity contribution >= 4 is 6.02 Å². The lowest BCUT2D eigenvalue weighted by Gasteiger charge is -2.13. The molecule has 2 aliphatic heterocycles. The molecule has 0 aromatic heterocycles. The van der Waals surface area contributed by atoms with E-state index in [1.165, 1.54) is 0 Å². The van der Waals surface area contributed by atoms with Crippen molar-refractivity contribution in [3.05, 3.63) is 0 Å². The Morgan fingerprint density at radius 3 is 2.83 bits per heavy atom. The average Bonchev–Trinajstić information content (AvgIpc) is 2.58. The molecule has 0 aromatic carbocycles. The van der Waals surface area contributed by atoms with Crippen LogP contribution in [-0.4, -0.2) is 30.9 Å². The van der Waals surface area contributed by atoms with Crippen LogP contribution < -0.4 is 5.73 Å². The third kappa shape index (κ3) is 1.39. The Morgan fingerprint density at radius 2 is 2.33 bits per heavy atom. The molecule has 3 unspecified atom stereocenters. The van der Waals surface area contributed by atoms with Gasteiger partial charge in [-0.1, -0.05) is 0 Å². The number of hydrogen-bond donors (Lipinski definition) is 1. The number of hydrogen-bond acceptors (Lipinski definition) is 4. The number of nitrogens with two attached hydrogens (primary N) is 1. The predicted molar refractivity (Wildman–Crippen MR) is 44.9 cm³/mol. The van der Waals surface area contributed by atoms with E-state index in [1.54, 1.807) is 0 Å². The second kappa shape index (κ2) is 2.94. The fourth-order valence-corrected chi connectivity index (χ4v) is 1.72. The molecule has 2 aliphatic rings. The molecule has 0 aromatic rings. The van der Waals surface area contributed by atoms with Crippen LogP contribution in [0.1, 0.15) is 19.8 Å². The highest BCUT2D eigenvalue weighted by atomic mass is 16.5. The topological polar surface area (TPSA) is 56.8 Å². The summed E-state index contributed by atoms with van der Waals surface area (Å²) < 4.78 is 10.7. The maximum absolute atomic E-state index is 5.65. The third-order valence-electron chi connectivity index (χ3n) is 2.39. The zero-order valence-corrected chi connectivity index (χ0v) is 7.19. The molecule has 4 heteroatoms. The third-order valence-corrected chi connectivity index (χ3v) is 2.39. The first-order valence-corrected chi connectivity index (χ1v) is 4.37. The van der Waals surface area contributed by atoms with E-state index < -0.39 is 0 Å². The Bertz CT molecular complexity index is 205. The Morgan fingerprint density at radius 1 is 1.50 bits per heavy atom. The normalized spacial score (nSPS) is 41.1. The first kappa shape index (κ1) is 7.86. The largest absolute Gasteiger partial charge is 0.463 e. The first-order chi connectivity index (χ1) is 5.75. The van der Waals surface area contributed by atoms with Crippen LogP contribution in [-0.2, 0) is 9.47 Å². The smallest absolute Gasteiger partial charge is 0.282 e. The van der Waals surface area contributed by atoms with Crippen LogP contribution in [0.25, 0.3) is 0 Å². The monoisotopic (exact) mass is 170 g/mol. The van der Waals surface area contributed by atoms with Gasteiger partial charge in [-0.25, -0.2) is 4.99 Å². The SMILES string of the molecule is CC1CCC(C2COC(N)=N2)O1. The van der Waals surface area contributed by atoms with Crippen molar-refractivity contribution < 1.29 is 9.47 Å². The van der Waals surface area contributed by atoms with Crippen LogP contribution >= 0.6 is 0 Å². The summed E-state index contributed by atoms with van der Waals surface area (Å²) in [4.78, 5) is 4.15. The second-order valence-corrected chi connectivity index (χ2v) is 3.41. The summed E-state index contributed by atoms with van der Waals surface area (Å²) in [6.45, 7) is 2.67. The van der Waals surface area contributed by atoms with Gasteiger partial charge in [-0.05, 0) is 19.8 Å². The van der Waals surface area contributed by atoms with Crippen LogP contribution in [0.2, 0.25) is 0 Å². The molecule has 1 fully saturated rings. The molecule has 0 spiro atoms. The fourth-order valence-electron chi connectivity index (χ4n) is 1.72. The van der Waals surface area contributed by atoms with E-state index in [1.807, 2.05) is 0 Å². The van der Waals surface area contributed by atoms with Crippen LogP contribution in [0.4, 0.5) is 0 Å². The van der Waals surface area contributed by atoms with E-state index in [0.29, 0.717) is 18.7 Å². The first-order valence-electron chi connectivity index (χ1n) is 4.37. The average molecular weight is 170 g/mol. The van der Waals surface area contributed by atoms with E-state index in [9.17, 15) is 0 Å². The highest BCUT2D eigenvalue weighted by Gasteiger charge is 2.32. The fraction of sp³-hybridized carbons (Fsp3) is 0.875. The summed E-state index contributed by atoms with van der Waals surface area (Å²) in [6.07, 6.45) is 2.79. The van der Waals surface area contributed by atoms with Crippen molar-refractivity contribution in [3.63, 3.8) is 0 Å². The highest BCUT2D eigenvalue weighted by Crippen LogP contribution is 2.24. The van der Waals surface area contributed by atoms with Gasteiger partial charge >= 0.3 is 0 Å². The van der Waals surface area contributed by atoms with Gasteiger partial charge in [-0.3, -0.25) is 0 Å². The maximum atomic E-state index is 5.65. The van der Waals surface area contributed by atoms with Crippen molar-refractivity contribution in [3.8, 4) is 0 Å². The Labute approximate surface area is 71.7 Å². The summed E-state index contributed by atoms with van der Waals surface area (Å²) in [6, 6.07) is 0.443. The number of nitrogens with zero attached hydrogens (tertiary/aromatic N) is 1. The van der Waals surface area contributed by atoms with Crippen molar-refractivity contribution in [2.45, 2.75) is 38.0 Å². The molecular weight excluding hydrogens is 156 g/mol. The lowest BCUT2D eigenvalue weighted by molar-refractivity contribution is 0.0356. The van der Waals surface area contributed by atoms with Gasteiger partial charge in [0.15, 0.2) is 0 Å². The van der Waals surface area contributed by atoms with E-state index in [2.05, 4.69) is 11.9 Å². The molecule has 0 bridgehead atoms. The molecule has 0 radical (unpaired) electrons. The summed E-state index contributed by atoms with van der Waals surface area (Å²) in [7, 11) is 0. The molecule has 3 atom stereocenters. The van der Waals surface area contributed by atoms with Crippen LogP contribution in [0, 0.1) is 0 Å². The van der Waals surface area contributed by atoms with Crippen molar-refractivity contribution in [2.24, 2.45) is 10.7 Å². The quantitative estimate of drug-likeness (QED) is 0.614. The minimum absolute atomic E-state index is 0.134. The Hall–Kier alpha value is -0.770. The molecule has 2 N–H and O–H groups in total. The van der Waals surface area contributed by atoms with Gasteiger partial charge in [0.05, 0.1) is 12.2 Å². The predicted octanol–water partition coefficient (Wildman–Crippen LogP) is 0.267. The standard InChI is InChI=1S/C8H14N2O2/c1-5-2-3-7(12-5)6-4-11-8(9)10-6/h5-7H,2-4H2,1H3,(H2,9,10). The van der Waals surface area contributed by atoms with Crippen LogP contribution in [0.3, 0.4) is 0 Å². The zero-order valence-electron chi connectivity index (χ0n) is 7.19. The number of amidine groups is 1. The van der Waals surface area contributed by atoms with Gasteiger partial charge in [0, 0.05) is 0 Å². The summed E-state index contributed by atoms with van der Waals surface area (Å²) in [5.74, 6) is 0. The van der Waals surface area contributed by atoms with Gasteiger partial charge in [0.2, 0.25) is 0 Å². The molecular formula is C8H14N2O2. The minimum atomic E-state index is 0.134. The Kier molecular flexibility index (Phi) is 1.92. The van der Waals surface area contributed by atoms with Crippen LogP contribution in [0.5, 0.6) is 0 Å². The zero-order chi connectivity index (χ0) is 8.55. The van der Waals surface area contributed by atoms with Gasteiger partial charge in [0.1, 0.15) is 12.6 Å². The second-order valence-electron chi connectivity index (χ2n) is 3.41. The molecule has 4 nitrogen and oxygen atoms in total. The minimum Gasteiger partial charge on any atom is -0.463 e. The van der Waals surface area contributed by atoms with E-state index >= 15 is 0 Å². The Balaban J connectivity index is 1.93. The molecule has 2 rings (SSSR count). The molecule has 2 heterocycles. The van der Waals surface area contributed by atoms with Crippen LogP contribution in [0.15, 0.2) is 4.99 Å². The van der Waals surface area contributed by atoms with Crippen molar-refractivity contribution in [1.82, 2.24) is 0 Å². The maximum Gasteiger partial charge on any atom is 0.282 e. The van der Waals surface area contributed by atoms with E-state index in [-0.39, 0.29) is 12.1 Å². The number of aliphatic imine (C=N–C) groups is 1. The molecule has 68 valence electrons. The van der Waals surface area contributed by atoms with Gasteiger partial charge in [-0.15, -0.1) is 0 Å². The summed E-state index contributed by atoms with van der Waals surface area (Å²) >= 11 is 0. The molecule has 12 heavy (non-hydrogen) atoms. The molecule has 0 amide bonds. The summed E-state index contributed by atoms with van der Waals surface area (Å²) in [5.41, 5.74) is 5.40. The number of ether oxygens (including phenoxy) is 2. The molecule has 1 saturated heterocycles. The van der Waals surface area contributed by atoms with Gasteiger partial charge in [-0.2, -0.15) is 0 Å².